The Morgan fingerprint density at radius 3 is 3.00 bits per heavy atom. The van der Waals surface area contributed by atoms with Crippen molar-refractivity contribution >= 4 is 5.91 Å². The van der Waals surface area contributed by atoms with Crippen molar-refractivity contribution in [3.05, 3.63) is 34.9 Å². The molecule has 18 heavy (non-hydrogen) atoms. The monoisotopic (exact) mass is 246 g/mol. The summed E-state index contributed by atoms with van der Waals surface area (Å²) in [4.78, 5) is 14.3. The number of nitrogens with one attached hydrogen (secondary N) is 1. The molecule has 1 aromatic rings. The van der Waals surface area contributed by atoms with Gasteiger partial charge in [0.25, 0.3) is 5.91 Å². The SMILES string of the molecule is O=C(c1ccc2c(c1)CNC2)N1CCCOCC1. The lowest BCUT2D eigenvalue weighted by molar-refractivity contribution is 0.0741. The van der Waals surface area contributed by atoms with Crippen LogP contribution in [0.15, 0.2) is 18.2 Å². The predicted octanol–water partition coefficient (Wildman–Crippen LogP) is 1.15. The van der Waals surface area contributed by atoms with Gasteiger partial charge in [0, 0.05) is 38.3 Å². The average Bonchev–Trinajstić information content (AvgIpc) is 2.69. The Labute approximate surface area is 107 Å². The summed E-state index contributed by atoms with van der Waals surface area (Å²) in [5.41, 5.74) is 3.37. The van der Waals surface area contributed by atoms with Crippen LogP contribution in [0.4, 0.5) is 0 Å². The van der Waals surface area contributed by atoms with Gasteiger partial charge < -0.3 is 15.0 Å². The minimum Gasteiger partial charge on any atom is -0.380 e. The molecule has 1 amide bonds. The molecule has 96 valence electrons. The van der Waals surface area contributed by atoms with Gasteiger partial charge in [0.2, 0.25) is 0 Å². The number of benzene rings is 1. The van der Waals surface area contributed by atoms with Crippen LogP contribution in [0.25, 0.3) is 0 Å². The lowest BCUT2D eigenvalue weighted by Crippen LogP contribution is -2.33. The molecule has 2 heterocycles. The van der Waals surface area contributed by atoms with Gasteiger partial charge in [-0.3, -0.25) is 4.79 Å². The van der Waals surface area contributed by atoms with Crippen molar-refractivity contribution in [1.82, 2.24) is 10.2 Å². The third-order valence-electron chi connectivity index (χ3n) is 3.59. The van der Waals surface area contributed by atoms with Gasteiger partial charge in [-0.25, -0.2) is 0 Å². The molecule has 4 nitrogen and oxygen atoms in total. The van der Waals surface area contributed by atoms with Gasteiger partial charge in [0.1, 0.15) is 0 Å². The van der Waals surface area contributed by atoms with Crippen LogP contribution in [0.5, 0.6) is 0 Å². The van der Waals surface area contributed by atoms with Crippen LogP contribution < -0.4 is 5.32 Å². The van der Waals surface area contributed by atoms with Crippen molar-refractivity contribution in [2.24, 2.45) is 0 Å². The number of rotatable bonds is 1. The van der Waals surface area contributed by atoms with E-state index in [0.29, 0.717) is 13.2 Å². The minimum atomic E-state index is 0.134. The number of amides is 1. The van der Waals surface area contributed by atoms with Gasteiger partial charge in [-0.1, -0.05) is 6.07 Å². The molecule has 2 aliphatic heterocycles. The molecule has 3 rings (SSSR count). The predicted molar refractivity (Wildman–Crippen MR) is 68.3 cm³/mol. The van der Waals surface area contributed by atoms with Crippen LogP contribution in [-0.2, 0) is 17.8 Å². The Morgan fingerprint density at radius 1 is 1.17 bits per heavy atom. The molecule has 0 unspecified atom stereocenters. The summed E-state index contributed by atoms with van der Waals surface area (Å²) in [7, 11) is 0. The second kappa shape index (κ2) is 5.08. The van der Waals surface area contributed by atoms with Crippen molar-refractivity contribution in [2.45, 2.75) is 19.5 Å². The van der Waals surface area contributed by atoms with Gasteiger partial charge in [0.05, 0.1) is 6.61 Å². The zero-order chi connectivity index (χ0) is 12.4. The number of hydrogen-bond acceptors (Lipinski definition) is 3. The lowest BCUT2D eigenvalue weighted by atomic mass is 10.1. The highest BCUT2D eigenvalue weighted by atomic mass is 16.5. The van der Waals surface area contributed by atoms with E-state index in [-0.39, 0.29) is 5.91 Å². The van der Waals surface area contributed by atoms with Crippen LogP contribution in [0.1, 0.15) is 27.9 Å². The lowest BCUT2D eigenvalue weighted by Gasteiger charge is -2.19. The third kappa shape index (κ3) is 2.26. The number of nitrogens with zero attached hydrogens (tertiary/aromatic N) is 1. The molecule has 2 aliphatic rings. The van der Waals surface area contributed by atoms with Crippen molar-refractivity contribution in [1.29, 1.82) is 0 Å². The van der Waals surface area contributed by atoms with E-state index in [2.05, 4.69) is 11.4 Å². The number of ether oxygens (including phenoxy) is 1. The Kier molecular flexibility index (Phi) is 3.30. The maximum absolute atomic E-state index is 12.4. The molecular formula is C14H18N2O2. The number of fused-ring (bicyclic) bond motifs is 1. The minimum absolute atomic E-state index is 0.134. The molecule has 0 spiro atoms. The first kappa shape index (κ1) is 11.7. The van der Waals surface area contributed by atoms with E-state index >= 15 is 0 Å². The normalized spacial score (nSPS) is 19.4. The molecule has 0 radical (unpaired) electrons. The molecule has 4 heteroatoms. The van der Waals surface area contributed by atoms with Crippen LogP contribution in [0.3, 0.4) is 0 Å². The van der Waals surface area contributed by atoms with Gasteiger partial charge >= 0.3 is 0 Å². The van der Waals surface area contributed by atoms with E-state index < -0.39 is 0 Å². The smallest absolute Gasteiger partial charge is 0.253 e. The summed E-state index contributed by atoms with van der Waals surface area (Å²) < 4.78 is 5.38. The second-order valence-corrected chi connectivity index (χ2v) is 4.85. The van der Waals surface area contributed by atoms with Gasteiger partial charge in [-0.2, -0.15) is 0 Å². The zero-order valence-corrected chi connectivity index (χ0v) is 10.4. The first-order chi connectivity index (χ1) is 8.84. The quantitative estimate of drug-likeness (QED) is 0.808. The maximum atomic E-state index is 12.4. The van der Waals surface area contributed by atoms with Crippen LogP contribution in [0.2, 0.25) is 0 Å². The van der Waals surface area contributed by atoms with Crippen molar-refractivity contribution in [2.75, 3.05) is 26.3 Å². The summed E-state index contributed by atoms with van der Waals surface area (Å²) in [6.07, 6.45) is 0.929. The summed E-state index contributed by atoms with van der Waals surface area (Å²) >= 11 is 0. The zero-order valence-electron chi connectivity index (χ0n) is 10.4. The molecule has 0 atom stereocenters. The van der Waals surface area contributed by atoms with E-state index in [1.54, 1.807) is 0 Å². The molecule has 1 saturated heterocycles. The topological polar surface area (TPSA) is 41.6 Å². The Morgan fingerprint density at radius 2 is 2.06 bits per heavy atom. The highest BCUT2D eigenvalue weighted by Crippen LogP contribution is 2.18. The number of carbonyl (C=O) groups excluding carboxylic acids is 1. The third-order valence-corrected chi connectivity index (χ3v) is 3.59. The van der Waals surface area contributed by atoms with Crippen molar-refractivity contribution in [3.8, 4) is 0 Å². The van der Waals surface area contributed by atoms with Crippen molar-refractivity contribution < 1.29 is 9.53 Å². The fraction of sp³-hybridized carbons (Fsp3) is 0.500. The second-order valence-electron chi connectivity index (χ2n) is 4.85. The van der Waals surface area contributed by atoms with E-state index in [0.717, 1.165) is 38.2 Å². The molecular weight excluding hydrogens is 228 g/mol. The van der Waals surface area contributed by atoms with Gasteiger partial charge in [0.15, 0.2) is 0 Å². The first-order valence-corrected chi connectivity index (χ1v) is 6.54. The molecule has 0 aliphatic carbocycles. The molecule has 1 N–H and O–H groups in total. The largest absolute Gasteiger partial charge is 0.380 e. The fourth-order valence-corrected chi connectivity index (χ4v) is 2.56. The Hall–Kier alpha value is -1.39. The Bertz CT molecular complexity index is 451. The van der Waals surface area contributed by atoms with Crippen LogP contribution >= 0.6 is 0 Å². The standard InChI is InChI=1S/C14H18N2O2/c17-14(16-4-1-6-18-7-5-16)11-2-3-12-9-15-10-13(12)8-11/h2-3,8,15H,1,4-7,9-10H2. The number of hydrogen-bond donors (Lipinski definition) is 1. The summed E-state index contributed by atoms with van der Waals surface area (Å²) in [5, 5.41) is 3.30. The van der Waals surface area contributed by atoms with E-state index in [1.807, 2.05) is 17.0 Å². The average molecular weight is 246 g/mol. The summed E-state index contributed by atoms with van der Waals surface area (Å²) in [6, 6.07) is 6.04. The molecule has 0 aromatic heterocycles. The molecule has 1 fully saturated rings. The van der Waals surface area contributed by atoms with Crippen LogP contribution in [0, 0.1) is 0 Å². The molecule has 0 bridgehead atoms. The van der Waals surface area contributed by atoms with Gasteiger partial charge in [-0.05, 0) is 29.7 Å². The van der Waals surface area contributed by atoms with E-state index in [4.69, 9.17) is 4.74 Å². The Balaban J connectivity index is 1.79. The summed E-state index contributed by atoms with van der Waals surface area (Å²) in [6.45, 7) is 4.71. The number of carbonyl (C=O) groups is 1. The van der Waals surface area contributed by atoms with Gasteiger partial charge in [-0.15, -0.1) is 0 Å². The maximum Gasteiger partial charge on any atom is 0.253 e. The molecule has 0 saturated carbocycles. The van der Waals surface area contributed by atoms with Crippen molar-refractivity contribution in [3.63, 3.8) is 0 Å². The molecule has 1 aromatic carbocycles. The van der Waals surface area contributed by atoms with E-state index in [9.17, 15) is 4.79 Å². The highest BCUT2D eigenvalue weighted by Gasteiger charge is 2.19. The van der Waals surface area contributed by atoms with Crippen LogP contribution in [-0.4, -0.2) is 37.1 Å². The van der Waals surface area contributed by atoms with E-state index in [1.165, 1.54) is 11.1 Å². The fourth-order valence-electron chi connectivity index (χ4n) is 2.56. The first-order valence-electron chi connectivity index (χ1n) is 6.54. The highest BCUT2D eigenvalue weighted by molar-refractivity contribution is 5.94. The summed E-state index contributed by atoms with van der Waals surface area (Å²) in [5.74, 6) is 0.134.